The maximum absolute atomic E-state index is 12.2. The van der Waals surface area contributed by atoms with Gasteiger partial charge in [-0.2, -0.15) is 0 Å². The average Bonchev–Trinajstić information content (AvgIpc) is 2.93. The molecule has 0 radical (unpaired) electrons. The van der Waals surface area contributed by atoms with Gasteiger partial charge in [0.05, 0.1) is 5.41 Å². The molecule has 1 aromatic rings. The number of carboxylic acid groups (broad SMARTS) is 1. The van der Waals surface area contributed by atoms with Crippen LogP contribution in [-0.2, 0) is 9.59 Å². The normalized spacial score (nSPS) is 21.2. The van der Waals surface area contributed by atoms with Gasteiger partial charge >= 0.3 is 5.97 Å². The molecular weight excluding hydrogens is 282 g/mol. The van der Waals surface area contributed by atoms with E-state index >= 15 is 0 Å². The summed E-state index contributed by atoms with van der Waals surface area (Å²) in [6, 6.07) is 7.48. The fourth-order valence-corrected chi connectivity index (χ4v) is 2.81. The zero-order valence-electron chi connectivity index (χ0n) is 13.3. The number of aliphatic carboxylic acids is 1. The van der Waals surface area contributed by atoms with Crippen molar-refractivity contribution in [2.45, 2.75) is 27.2 Å². The van der Waals surface area contributed by atoms with Gasteiger partial charge in [0.2, 0.25) is 0 Å². The highest BCUT2D eigenvalue weighted by atomic mass is 16.5. The van der Waals surface area contributed by atoms with Crippen LogP contribution in [-0.4, -0.2) is 41.6 Å². The van der Waals surface area contributed by atoms with Crippen molar-refractivity contribution in [1.29, 1.82) is 0 Å². The molecule has 1 aliphatic heterocycles. The zero-order chi connectivity index (χ0) is 16.3. The summed E-state index contributed by atoms with van der Waals surface area (Å²) in [6.45, 7) is 6.44. The van der Waals surface area contributed by atoms with Crippen molar-refractivity contribution in [3.8, 4) is 5.75 Å². The lowest BCUT2D eigenvalue weighted by molar-refractivity contribution is -0.151. The van der Waals surface area contributed by atoms with Crippen LogP contribution in [0.4, 0.5) is 0 Å². The Bertz CT molecular complexity index is 552. The van der Waals surface area contributed by atoms with Gasteiger partial charge in [-0.05, 0) is 31.4 Å². The van der Waals surface area contributed by atoms with E-state index in [1.807, 2.05) is 45.0 Å². The van der Waals surface area contributed by atoms with E-state index in [1.165, 1.54) is 0 Å². The molecule has 1 amide bonds. The number of rotatable bonds is 5. The van der Waals surface area contributed by atoms with Crippen LogP contribution in [0.5, 0.6) is 5.75 Å². The molecule has 1 heterocycles. The largest absolute Gasteiger partial charge is 0.484 e. The van der Waals surface area contributed by atoms with E-state index in [4.69, 9.17) is 4.74 Å². The number of hydrogen-bond acceptors (Lipinski definition) is 3. The number of likely N-dealkylation sites (tertiary alicyclic amines) is 1. The molecule has 0 saturated carbocycles. The summed E-state index contributed by atoms with van der Waals surface area (Å²) in [6.07, 6.45) is 0.496. The smallest absolute Gasteiger partial charge is 0.311 e. The van der Waals surface area contributed by atoms with E-state index in [0.29, 0.717) is 18.7 Å². The van der Waals surface area contributed by atoms with Gasteiger partial charge < -0.3 is 14.7 Å². The molecule has 5 nitrogen and oxygen atoms in total. The Kier molecular flexibility index (Phi) is 4.74. The number of amides is 1. The van der Waals surface area contributed by atoms with E-state index in [9.17, 15) is 14.7 Å². The second kappa shape index (κ2) is 6.38. The van der Waals surface area contributed by atoms with E-state index in [2.05, 4.69) is 0 Å². The topological polar surface area (TPSA) is 66.8 Å². The summed E-state index contributed by atoms with van der Waals surface area (Å²) in [5, 5.41) is 9.50. The van der Waals surface area contributed by atoms with Crippen LogP contribution in [0.25, 0.3) is 0 Å². The van der Waals surface area contributed by atoms with E-state index < -0.39 is 11.4 Å². The second-order valence-electron chi connectivity index (χ2n) is 6.28. The number of nitrogens with zero attached hydrogens (tertiary/aromatic N) is 1. The first-order chi connectivity index (χ1) is 10.3. The summed E-state index contributed by atoms with van der Waals surface area (Å²) >= 11 is 0. The summed E-state index contributed by atoms with van der Waals surface area (Å²) < 4.78 is 5.49. The molecule has 1 atom stereocenters. The van der Waals surface area contributed by atoms with Crippen LogP contribution in [0.1, 0.15) is 25.8 Å². The highest BCUT2D eigenvalue weighted by Crippen LogP contribution is 2.38. The Morgan fingerprint density at radius 3 is 2.45 bits per heavy atom. The molecule has 1 aliphatic rings. The van der Waals surface area contributed by atoms with Gasteiger partial charge in [0.1, 0.15) is 5.75 Å². The molecule has 22 heavy (non-hydrogen) atoms. The van der Waals surface area contributed by atoms with Crippen molar-refractivity contribution in [3.63, 3.8) is 0 Å². The number of carbonyl (C=O) groups is 2. The van der Waals surface area contributed by atoms with Crippen molar-refractivity contribution < 1.29 is 19.4 Å². The third-order valence-corrected chi connectivity index (χ3v) is 4.57. The van der Waals surface area contributed by atoms with Crippen LogP contribution in [0.15, 0.2) is 24.3 Å². The predicted octanol–water partition coefficient (Wildman–Crippen LogP) is 2.33. The Labute approximate surface area is 130 Å². The number of carbonyl (C=O) groups excluding carboxylic acids is 1. The minimum absolute atomic E-state index is 0.0131. The molecule has 1 fully saturated rings. The van der Waals surface area contributed by atoms with Crippen LogP contribution in [0.2, 0.25) is 0 Å². The van der Waals surface area contributed by atoms with Crippen molar-refractivity contribution in [2.75, 3.05) is 19.7 Å². The van der Waals surface area contributed by atoms with E-state index in [0.717, 1.165) is 5.56 Å². The van der Waals surface area contributed by atoms with Crippen molar-refractivity contribution in [3.05, 3.63) is 29.8 Å². The molecule has 1 aromatic carbocycles. The number of aryl methyl sites for hydroxylation is 1. The first-order valence-corrected chi connectivity index (χ1v) is 7.56. The van der Waals surface area contributed by atoms with Gasteiger partial charge in [0, 0.05) is 13.1 Å². The standard InChI is InChI=1S/C17H23NO4/c1-12(2)17(16(20)21)8-9-18(11-17)15(19)10-22-14-6-4-13(3)5-7-14/h4-7,12H,8-11H2,1-3H3,(H,20,21). The van der Waals surface area contributed by atoms with Gasteiger partial charge in [-0.15, -0.1) is 0 Å². The lowest BCUT2D eigenvalue weighted by atomic mass is 9.76. The van der Waals surface area contributed by atoms with E-state index in [1.54, 1.807) is 4.90 Å². The van der Waals surface area contributed by atoms with Gasteiger partial charge in [-0.25, -0.2) is 0 Å². The Hall–Kier alpha value is -2.04. The predicted molar refractivity (Wildman–Crippen MR) is 82.8 cm³/mol. The average molecular weight is 305 g/mol. The van der Waals surface area contributed by atoms with Gasteiger partial charge in [-0.1, -0.05) is 31.5 Å². The van der Waals surface area contributed by atoms with Gasteiger partial charge in [-0.3, -0.25) is 9.59 Å². The molecular formula is C17H23NO4. The summed E-state index contributed by atoms with van der Waals surface area (Å²) in [7, 11) is 0. The fourth-order valence-electron chi connectivity index (χ4n) is 2.81. The molecule has 1 saturated heterocycles. The zero-order valence-corrected chi connectivity index (χ0v) is 13.3. The number of ether oxygens (including phenoxy) is 1. The summed E-state index contributed by atoms with van der Waals surface area (Å²) in [5.41, 5.74) is 0.292. The summed E-state index contributed by atoms with van der Waals surface area (Å²) in [5.74, 6) is -0.353. The second-order valence-corrected chi connectivity index (χ2v) is 6.28. The van der Waals surface area contributed by atoms with Crippen LogP contribution >= 0.6 is 0 Å². The minimum atomic E-state index is -0.834. The van der Waals surface area contributed by atoms with Crippen molar-refractivity contribution >= 4 is 11.9 Å². The van der Waals surface area contributed by atoms with Crippen LogP contribution in [0.3, 0.4) is 0 Å². The van der Waals surface area contributed by atoms with Gasteiger partial charge in [0.25, 0.3) is 5.91 Å². The molecule has 5 heteroatoms. The molecule has 0 bridgehead atoms. The van der Waals surface area contributed by atoms with Crippen LogP contribution < -0.4 is 4.74 Å². The number of benzene rings is 1. The third-order valence-electron chi connectivity index (χ3n) is 4.57. The SMILES string of the molecule is Cc1ccc(OCC(=O)N2CCC(C(=O)O)(C(C)C)C2)cc1. The maximum Gasteiger partial charge on any atom is 0.311 e. The monoisotopic (exact) mass is 305 g/mol. The molecule has 1 unspecified atom stereocenters. The lowest BCUT2D eigenvalue weighted by Gasteiger charge is -2.28. The highest BCUT2D eigenvalue weighted by molar-refractivity contribution is 5.81. The molecule has 0 aromatic heterocycles. The Morgan fingerprint density at radius 1 is 1.32 bits per heavy atom. The third kappa shape index (κ3) is 3.24. The van der Waals surface area contributed by atoms with Crippen molar-refractivity contribution in [2.24, 2.45) is 11.3 Å². The molecule has 120 valence electrons. The quantitative estimate of drug-likeness (QED) is 0.906. The number of carboxylic acids is 1. The molecule has 2 rings (SSSR count). The highest BCUT2D eigenvalue weighted by Gasteiger charge is 2.48. The minimum Gasteiger partial charge on any atom is -0.484 e. The van der Waals surface area contributed by atoms with Crippen molar-refractivity contribution in [1.82, 2.24) is 4.90 Å². The Morgan fingerprint density at radius 2 is 1.95 bits per heavy atom. The fraction of sp³-hybridized carbons (Fsp3) is 0.529. The Balaban J connectivity index is 1.94. The number of hydrogen-bond donors (Lipinski definition) is 1. The van der Waals surface area contributed by atoms with Gasteiger partial charge in [0.15, 0.2) is 6.61 Å². The lowest BCUT2D eigenvalue weighted by Crippen LogP contribution is -2.41. The maximum atomic E-state index is 12.2. The first kappa shape index (κ1) is 16.3. The first-order valence-electron chi connectivity index (χ1n) is 7.56. The van der Waals surface area contributed by atoms with Crippen LogP contribution in [0, 0.1) is 18.3 Å². The molecule has 0 spiro atoms. The summed E-state index contributed by atoms with van der Waals surface area (Å²) in [4.78, 5) is 25.4. The molecule has 1 N–H and O–H groups in total. The van der Waals surface area contributed by atoms with E-state index in [-0.39, 0.29) is 25.0 Å². The molecule has 0 aliphatic carbocycles.